The van der Waals surface area contributed by atoms with Crippen molar-refractivity contribution in [2.75, 3.05) is 25.6 Å². The van der Waals surface area contributed by atoms with Crippen LogP contribution in [-0.4, -0.2) is 37.3 Å². The number of benzene rings is 1. The Morgan fingerprint density at radius 3 is 2.56 bits per heavy atom. The maximum absolute atomic E-state index is 12.0. The van der Waals surface area contributed by atoms with Crippen molar-refractivity contribution in [3.63, 3.8) is 0 Å². The second kappa shape index (κ2) is 4.66. The van der Waals surface area contributed by atoms with E-state index in [0.29, 0.717) is 11.4 Å². The first-order valence-corrected chi connectivity index (χ1v) is 5.36. The molecule has 1 aliphatic rings. The lowest BCUT2D eigenvalue weighted by molar-refractivity contribution is -0.182. The minimum Gasteiger partial charge on any atom is -0.495 e. The number of nitrogens with one attached hydrogen (secondary N) is 1. The zero-order valence-corrected chi connectivity index (χ0v) is 9.80. The van der Waals surface area contributed by atoms with Gasteiger partial charge < -0.3 is 19.9 Å². The smallest absolute Gasteiger partial charge is 0.324 e. The molecule has 0 aromatic heterocycles. The van der Waals surface area contributed by atoms with Gasteiger partial charge in [0.1, 0.15) is 5.75 Å². The second-order valence-electron chi connectivity index (χ2n) is 4.03. The third-order valence-electron chi connectivity index (χ3n) is 2.90. The van der Waals surface area contributed by atoms with Gasteiger partial charge in [0.15, 0.2) is 5.41 Å². The Labute approximate surface area is 104 Å². The van der Waals surface area contributed by atoms with Crippen LogP contribution in [0.15, 0.2) is 24.3 Å². The molecule has 0 spiro atoms. The molecule has 0 saturated carbocycles. The summed E-state index contributed by atoms with van der Waals surface area (Å²) in [6.45, 7) is -0.216. The van der Waals surface area contributed by atoms with Gasteiger partial charge in [-0.05, 0) is 12.1 Å². The molecule has 1 aliphatic heterocycles. The van der Waals surface area contributed by atoms with Gasteiger partial charge >= 0.3 is 5.97 Å². The molecule has 96 valence electrons. The molecule has 6 nitrogen and oxygen atoms in total. The van der Waals surface area contributed by atoms with Crippen LogP contribution in [0.5, 0.6) is 5.75 Å². The number of rotatable bonds is 4. The van der Waals surface area contributed by atoms with Crippen molar-refractivity contribution < 1.29 is 24.2 Å². The summed E-state index contributed by atoms with van der Waals surface area (Å²) in [5, 5.41) is 11.6. The molecule has 6 heteroatoms. The van der Waals surface area contributed by atoms with Crippen LogP contribution in [-0.2, 0) is 14.3 Å². The first-order chi connectivity index (χ1) is 8.60. The molecule has 0 aliphatic carbocycles. The number of carboxylic acid groups (broad SMARTS) is 1. The summed E-state index contributed by atoms with van der Waals surface area (Å²) in [5.74, 6) is -1.29. The zero-order chi connectivity index (χ0) is 13.2. The number of hydrogen-bond acceptors (Lipinski definition) is 4. The van der Waals surface area contributed by atoms with E-state index >= 15 is 0 Å². The topological polar surface area (TPSA) is 84.9 Å². The Hall–Kier alpha value is -2.08. The molecule has 1 fully saturated rings. The number of para-hydroxylation sites is 2. The van der Waals surface area contributed by atoms with Crippen LogP contribution in [0.4, 0.5) is 5.69 Å². The van der Waals surface area contributed by atoms with E-state index in [4.69, 9.17) is 14.6 Å². The average molecular weight is 251 g/mol. The quantitative estimate of drug-likeness (QED) is 0.771. The fourth-order valence-corrected chi connectivity index (χ4v) is 1.65. The Balaban J connectivity index is 2.19. The number of hydrogen-bond donors (Lipinski definition) is 2. The fraction of sp³-hybridized carbons (Fsp3) is 0.333. The predicted octanol–water partition coefficient (Wildman–Crippen LogP) is 0.735. The molecule has 0 radical (unpaired) electrons. The highest BCUT2D eigenvalue weighted by molar-refractivity contribution is 6.09. The molecule has 1 aromatic rings. The van der Waals surface area contributed by atoms with E-state index in [-0.39, 0.29) is 13.2 Å². The lowest BCUT2D eigenvalue weighted by Gasteiger charge is -2.35. The van der Waals surface area contributed by atoms with E-state index in [2.05, 4.69) is 5.32 Å². The van der Waals surface area contributed by atoms with Gasteiger partial charge in [0, 0.05) is 0 Å². The first-order valence-electron chi connectivity index (χ1n) is 5.36. The van der Waals surface area contributed by atoms with Crippen molar-refractivity contribution in [3.8, 4) is 5.75 Å². The maximum Gasteiger partial charge on any atom is 0.324 e. The van der Waals surface area contributed by atoms with Gasteiger partial charge in [0.25, 0.3) is 0 Å². The van der Waals surface area contributed by atoms with Gasteiger partial charge in [0.05, 0.1) is 26.0 Å². The third kappa shape index (κ3) is 1.91. The van der Waals surface area contributed by atoms with E-state index in [1.54, 1.807) is 24.3 Å². The fourth-order valence-electron chi connectivity index (χ4n) is 1.65. The van der Waals surface area contributed by atoms with Gasteiger partial charge in [-0.25, -0.2) is 0 Å². The van der Waals surface area contributed by atoms with Gasteiger partial charge in [-0.3, -0.25) is 9.59 Å². The minimum absolute atomic E-state index is 0.108. The average Bonchev–Trinajstić information content (AvgIpc) is 2.27. The molecule has 0 atom stereocenters. The highest BCUT2D eigenvalue weighted by Gasteiger charge is 2.53. The van der Waals surface area contributed by atoms with Gasteiger partial charge in [-0.1, -0.05) is 12.1 Å². The van der Waals surface area contributed by atoms with Crippen molar-refractivity contribution in [3.05, 3.63) is 24.3 Å². The maximum atomic E-state index is 12.0. The number of carbonyl (C=O) groups is 2. The summed E-state index contributed by atoms with van der Waals surface area (Å²) in [4.78, 5) is 23.1. The van der Waals surface area contributed by atoms with Crippen LogP contribution in [0.2, 0.25) is 0 Å². The minimum atomic E-state index is -1.49. The number of carbonyl (C=O) groups excluding carboxylic acids is 1. The van der Waals surface area contributed by atoms with Crippen molar-refractivity contribution in [2.45, 2.75) is 0 Å². The van der Waals surface area contributed by atoms with Crippen molar-refractivity contribution in [1.82, 2.24) is 0 Å². The Kier molecular flexibility index (Phi) is 3.20. The van der Waals surface area contributed by atoms with Gasteiger partial charge in [-0.15, -0.1) is 0 Å². The summed E-state index contributed by atoms with van der Waals surface area (Å²) >= 11 is 0. The summed E-state index contributed by atoms with van der Waals surface area (Å²) in [7, 11) is 1.48. The SMILES string of the molecule is COc1ccccc1NC(=O)C1(C(=O)O)COC1. The molecule has 1 amide bonds. The van der Waals surface area contributed by atoms with Gasteiger partial charge in [0.2, 0.25) is 5.91 Å². The summed E-state index contributed by atoms with van der Waals surface area (Å²) in [5.41, 5.74) is -1.04. The van der Waals surface area contributed by atoms with Crippen LogP contribution < -0.4 is 10.1 Å². The normalized spacial score (nSPS) is 16.5. The molecule has 0 unspecified atom stereocenters. The van der Waals surface area contributed by atoms with Crippen LogP contribution in [0.25, 0.3) is 0 Å². The molecule has 1 saturated heterocycles. The zero-order valence-electron chi connectivity index (χ0n) is 9.80. The Bertz CT molecular complexity index is 481. The van der Waals surface area contributed by atoms with Crippen LogP contribution in [0.3, 0.4) is 0 Å². The summed E-state index contributed by atoms with van der Waals surface area (Å²) < 4.78 is 9.92. The lowest BCUT2D eigenvalue weighted by atomic mass is 9.85. The van der Waals surface area contributed by atoms with E-state index < -0.39 is 17.3 Å². The molecule has 2 N–H and O–H groups in total. The number of amides is 1. The summed E-state index contributed by atoms with van der Waals surface area (Å²) in [6.07, 6.45) is 0. The van der Waals surface area contributed by atoms with E-state index in [0.717, 1.165) is 0 Å². The third-order valence-corrected chi connectivity index (χ3v) is 2.90. The number of anilines is 1. The van der Waals surface area contributed by atoms with Crippen LogP contribution in [0.1, 0.15) is 0 Å². The largest absolute Gasteiger partial charge is 0.495 e. The standard InChI is InChI=1S/C12H13NO5/c1-17-9-5-3-2-4-8(9)13-10(14)12(11(15)16)6-18-7-12/h2-5H,6-7H2,1H3,(H,13,14)(H,15,16). The van der Waals surface area contributed by atoms with Gasteiger partial charge in [-0.2, -0.15) is 0 Å². The van der Waals surface area contributed by atoms with Crippen LogP contribution >= 0.6 is 0 Å². The Morgan fingerprint density at radius 1 is 1.39 bits per heavy atom. The highest BCUT2D eigenvalue weighted by atomic mass is 16.5. The lowest BCUT2D eigenvalue weighted by Crippen LogP contribution is -2.57. The summed E-state index contributed by atoms with van der Waals surface area (Å²) in [6, 6.07) is 6.81. The molecule has 18 heavy (non-hydrogen) atoms. The molecular weight excluding hydrogens is 238 g/mol. The first kappa shape index (κ1) is 12.4. The van der Waals surface area contributed by atoms with E-state index in [1.807, 2.05) is 0 Å². The predicted molar refractivity (Wildman–Crippen MR) is 62.5 cm³/mol. The highest BCUT2D eigenvalue weighted by Crippen LogP contribution is 2.31. The van der Waals surface area contributed by atoms with Crippen molar-refractivity contribution >= 4 is 17.6 Å². The monoisotopic (exact) mass is 251 g/mol. The van der Waals surface area contributed by atoms with Crippen molar-refractivity contribution in [2.24, 2.45) is 5.41 Å². The molecule has 1 heterocycles. The number of methoxy groups -OCH3 is 1. The Morgan fingerprint density at radius 2 is 2.06 bits per heavy atom. The molecule has 0 bridgehead atoms. The second-order valence-corrected chi connectivity index (χ2v) is 4.03. The molecule has 2 rings (SSSR count). The number of carboxylic acids is 1. The van der Waals surface area contributed by atoms with E-state index in [1.165, 1.54) is 7.11 Å². The van der Waals surface area contributed by atoms with Crippen molar-refractivity contribution in [1.29, 1.82) is 0 Å². The molecule has 1 aromatic carbocycles. The number of ether oxygens (including phenoxy) is 2. The number of aliphatic carboxylic acids is 1. The van der Waals surface area contributed by atoms with E-state index in [9.17, 15) is 9.59 Å². The molecular formula is C12H13NO5. The van der Waals surface area contributed by atoms with Crippen LogP contribution in [0, 0.1) is 5.41 Å².